The van der Waals surface area contributed by atoms with Crippen molar-refractivity contribution in [3.8, 4) is 0 Å². The molecule has 2 heteroatoms. The van der Waals surface area contributed by atoms with Crippen molar-refractivity contribution in [1.82, 2.24) is 0 Å². The molecule has 0 fully saturated rings. The summed E-state index contributed by atoms with van der Waals surface area (Å²) in [4.78, 5) is 16.0. The lowest BCUT2D eigenvalue weighted by molar-refractivity contribution is -0.0987. The molecule has 2 aromatic carbocycles. The summed E-state index contributed by atoms with van der Waals surface area (Å²) in [7, 11) is 0. The average molecular weight is 202 g/mol. The van der Waals surface area contributed by atoms with E-state index in [0.29, 0.717) is 0 Å². The van der Waals surface area contributed by atoms with Crippen molar-refractivity contribution in [1.29, 1.82) is 0 Å². The Kier molecular flexibility index (Phi) is 6.47. The summed E-state index contributed by atoms with van der Waals surface area (Å²) in [6, 6.07) is 14.9. The molecule has 0 aliphatic rings. The fraction of sp³-hybridized carbons (Fsp3) is 0.0769. The third-order valence-electron chi connectivity index (χ3n) is 1.90. The number of hydrogen-bond donors (Lipinski definition) is 0. The van der Waals surface area contributed by atoms with Crippen LogP contribution < -0.4 is 0 Å². The van der Waals surface area contributed by atoms with Gasteiger partial charge >= 0.3 is 0 Å². The van der Waals surface area contributed by atoms with Gasteiger partial charge in [-0.3, -0.25) is 0 Å². The minimum absolute atomic E-state index is 1.32. The molecule has 0 N–H and O–H groups in total. The van der Waals surface area contributed by atoms with E-state index in [0.717, 1.165) is 0 Å². The second-order valence-corrected chi connectivity index (χ2v) is 2.85. The quantitative estimate of drug-likeness (QED) is 0.658. The Labute approximate surface area is 89.5 Å². The first kappa shape index (κ1) is 13.0. The van der Waals surface area contributed by atoms with E-state index in [1.807, 2.05) is 13.6 Å². The van der Waals surface area contributed by atoms with Crippen LogP contribution in [0, 0.1) is 6.92 Å². The Morgan fingerprint density at radius 2 is 1.33 bits per heavy atom. The van der Waals surface area contributed by atoms with Crippen LogP contribution in [0.1, 0.15) is 5.56 Å². The van der Waals surface area contributed by atoms with Crippen molar-refractivity contribution in [2.45, 2.75) is 6.92 Å². The molecule has 0 spiro atoms. The Morgan fingerprint density at radius 3 is 1.93 bits per heavy atom. The fourth-order valence-electron chi connectivity index (χ4n) is 1.31. The van der Waals surface area contributed by atoms with Gasteiger partial charge in [-0.2, -0.15) is 0 Å². The molecule has 0 unspecified atom stereocenters. The SMILES string of the molecule is C=O.C=O.Cc1ccc2ccccc2c1. The number of carbonyl (C=O) groups excluding carboxylic acids is 2. The predicted molar refractivity (Wildman–Crippen MR) is 62.9 cm³/mol. The highest BCUT2D eigenvalue weighted by Crippen LogP contribution is 2.14. The first-order valence-corrected chi connectivity index (χ1v) is 4.39. The maximum atomic E-state index is 8.00. The zero-order valence-corrected chi connectivity index (χ0v) is 8.77. The van der Waals surface area contributed by atoms with E-state index in [9.17, 15) is 0 Å². The van der Waals surface area contributed by atoms with Crippen molar-refractivity contribution in [3.05, 3.63) is 48.0 Å². The van der Waals surface area contributed by atoms with Gasteiger partial charge in [-0.25, -0.2) is 0 Å². The second kappa shape index (κ2) is 7.44. The van der Waals surface area contributed by atoms with Gasteiger partial charge < -0.3 is 9.59 Å². The molecule has 2 rings (SSSR count). The summed E-state index contributed by atoms with van der Waals surface area (Å²) in [5, 5.41) is 2.64. The number of carbonyl (C=O) groups is 2. The Balaban J connectivity index is 0.000000442. The Bertz CT molecular complexity index is 408. The van der Waals surface area contributed by atoms with E-state index in [1.54, 1.807) is 0 Å². The molecule has 0 bridgehead atoms. The smallest absolute Gasteiger partial charge is 0.106 e. The maximum absolute atomic E-state index is 8.00. The van der Waals surface area contributed by atoms with Crippen molar-refractivity contribution in [2.75, 3.05) is 0 Å². The summed E-state index contributed by atoms with van der Waals surface area (Å²) in [5.41, 5.74) is 1.32. The van der Waals surface area contributed by atoms with Crippen LogP contribution in [-0.4, -0.2) is 13.6 Å². The van der Waals surface area contributed by atoms with Gasteiger partial charge in [0.15, 0.2) is 0 Å². The number of benzene rings is 2. The largest absolute Gasteiger partial charge is 0.307 e. The average Bonchev–Trinajstić information content (AvgIpc) is 2.34. The van der Waals surface area contributed by atoms with Crippen LogP contribution in [0.2, 0.25) is 0 Å². The molecular weight excluding hydrogens is 188 g/mol. The highest BCUT2D eigenvalue weighted by atomic mass is 16.1. The summed E-state index contributed by atoms with van der Waals surface area (Å²) >= 11 is 0. The summed E-state index contributed by atoms with van der Waals surface area (Å²) in [6.45, 7) is 6.12. The second-order valence-electron chi connectivity index (χ2n) is 2.85. The van der Waals surface area contributed by atoms with Gasteiger partial charge in [-0.15, -0.1) is 0 Å². The monoisotopic (exact) mass is 202 g/mol. The molecule has 0 amide bonds. The van der Waals surface area contributed by atoms with Gasteiger partial charge in [0.25, 0.3) is 0 Å². The molecule has 2 aromatic rings. The molecule has 0 radical (unpaired) electrons. The molecule has 0 saturated heterocycles. The van der Waals surface area contributed by atoms with Crippen molar-refractivity contribution in [3.63, 3.8) is 0 Å². The zero-order chi connectivity index (χ0) is 11.7. The predicted octanol–water partition coefficient (Wildman–Crippen LogP) is 2.78. The van der Waals surface area contributed by atoms with Crippen LogP contribution in [0.4, 0.5) is 0 Å². The van der Waals surface area contributed by atoms with E-state index in [1.165, 1.54) is 16.3 Å². The summed E-state index contributed by atoms with van der Waals surface area (Å²) in [6.07, 6.45) is 0. The van der Waals surface area contributed by atoms with Crippen LogP contribution in [-0.2, 0) is 9.59 Å². The number of rotatable bonds is 0. The van der Waals surface area contributed by atoms with E-state index < -0.39 is 0 Å². The van der Waals surface area contributed by atoms with E-state index in [2.05, 4.69) is 49.4 Å². The molecule has 0 heterocycles. The van der Waals surface area contributed by atoms with Crippen LogP contribution >= 0.6 is 0 Å². The van der Waals surface area contributed by atoms with Crippen LogP contribution in [0.15, 0.2) is 42.5 Å². The molecule has 0 aliphatic carbocycles. The number of hydrogen-bond acceptors (Lipinski definition) is 2. The molecule has 0 atom stereocenters. The molecule has 0 saturated carbocycles. The number of aryl methyl sites for hydroxylation is 1. The minimum atomic E-state index is 1.32. The molecular formula is C13H14O2. The van der Waals surface area contributed by atoms with Gasteiger partial charge in [-0.05, 0) is 17.7 Å². The van der Waals surface area contributed by atoms with Gasteiger partial charge in [0, 0.05) is 0 Å². The highest BCUT2D eigenvalue weighted by Gasteiger charge is 1.89. The van der Waals surface area contributed by atoms with Gasteiger partial charge in [0.2, 0.25) is 0 Å². The van der Waals surface area contributed by atoms with Crippen LogP contribution in [0.5, 0.6) is 0 Å². The lowest BCUT2D eigenvalue weighted by Crippen LogP contribution is -1.73. The summed E-state index contributed by atoms with van der Waals surface area (Å²) in [5.74, 6) is 0. The molecule has 15 heavy (non-hydrogen) atoms. The third kappa shape index (κ3) is 3.73. The zero-order valence-electron chi connectivity index (χ0n) is 8.77. The van der Waals surface area contributed by atoms with Crippen LogP contribution in [0.25, 0.3) is 10.8 Å². The highest BCUT2D eigenvalue weighted by molar-refractivity contribution is 5.82. The molecule has 2 nitrogen and oxygen atoms in total. The lowest BCUT2D eigenvalue weighted by atomic mass is 10.1. The minimum Gasteiger partial charge on any atom is -0.307 e. The molecule has 0 aromatic heterocycles. The van der Waals surface area contributed by atoms with E-state index in [4.69, 9.17) is 9.59 Å². The Hall–Kier alpha value is -1.96. The standard InChI is InChI=1S/C11H10.2CH2O/c1-9-6-7-10-4-2-3-5-11(10)8-9;2*1-2/h2-8H,1H3;2*1H2. The topological polar surface area (TPSA) is 34.1 Å². The van der Waals surface area contributed by atoms with Gasteiger partial charge in [0.1, 0.15) is 13.6 Å². The van der Waals surface area contributed by atoms with Crippen molar-refractivity contribution < 1.29 is 9.59 Å². The number of fused-ring (bicyclic) bond motifs is 1. The summed E-state index contributed by atoms with van der Waals surface area (Å²) < 4.78 is 0. The first-order chi connectivity index (χ1) is 7.36. The van der Waals surface area contributed by atoms with Crippen molar-refractivity contribution in [2.24, 2.45) is 0 Å². The maximum Gasteiger partial charge on any atom is 0.106 e. The van der Waals surface area contributed by atoms with Gasteiger partial charge in [0.05, 0.1) is 0 Å². The van der Waals surface area contributed by atoms with Crippen molar-refractivity contribution >= 4 is 24.4 Å². The first-order valence-electron chi connectivity index (χ1n) is 4.39. The Morgan fingerprint density at radius 1 is 0.800 bits per heavy atom. The van der Waals surface area contributed by atoms with Gasteiger partial charge in [-0.1, -0.05) is 48.0 Å². The van der Waals surface area contributed by atoms with Crippen LogP contribution in [0.3, 0.4) is 0 Å². The molecule has 0 aliphatic heterocycles. The normalized spacial score (nSPS) is 8.07. The third-order valence-corrected chi connectivity index (χ3v) is 1.90. The van der Waals surface area contributed by atoms with E-state index in [-0.39, 0.29) is 0 Å². The van der Waals surface area contributed by atoms with E-state index >= 15 is 0 Å². The lowest BCUT2D eigenvalue weighted by Gasteiger charge is -1.96. The molecule has 78 valence electrons. The fourth-order valence-corrected chi connectivity index (χ4v) is 1.31.